The van der Waals surface area contributed by atoms with E-state index in [1.54, 1.807) is 24.4 Å². The molecule has 4 aromatic rings. The monoisotopic (exact) mass is 914 g/mol. The van der Waals surface area contributed by atoms with Gasteiger partial charge in [0.2, 0.25) is 0 Å². The Morgan fingerprint density at radius 2 is 1.72 bits per heavy atom. The number of anilines is 1. The van der Waals surface area contributed by atoms with E-state index in [2.05, 4.69) is 82.0 Å². The third-order valence-corrected chi connectivity index (χ3v) is 19.9. The molecule has 352 valence electrons. The number of nitrogens with one attached hydrogen (secondary N) is 1. The second-order valence-corrected chi connectivity index (χ2v) is 26.2. The van der Waals surface area contributed by atoms with Crippen molar-refractivity contribution in [3.63, 3.8) is 0 Å². The van der Waals surface area contributed by atoms with Crippen LogP contribution in [0.15, 0.2) is 30.5 Å². The van der Waals surface area contributed by atoms with Crippen LogP contribution in [-0.4, -0.2) is 122 Å². The number of piperazine rings is 2. The Hall–Kier alpha value is -4.62. The van der Waals surface area contributed by atoms with E-state index in [9.17, 15) is 4.79 Å². The zero-order chi connectivity index (χ0) is 47.0. The molecular weight excluding hydrogens is 845 g/mol. The Labute approximate surface area is 385 Å². The summed E-state index contributed by atoms with van der Waals surface area (Å²) < 4.78 is 57.7. The predicted octanol–water partition coefficient (Wildman–Crippen LogP) is 9.57. The average molecular weight is 914 g/mol. The molecular formula is C50H69F2N7O5Si. The van der Waals surface area contributed by atoms with Crippen molar-refractivity contribution in [1.82, 2.24) is 30.1 Å². The second-order valence-electron chi connectivity index (χ2n) is 20.6. The molecule has 3 atom stereocenters. The first-order valence-corrected chi connectivity index (χ1v) is 25.6. The first kappa shape index (κ1) is 48.3. The lowest BCUT2D eigenvalue weighted by atomic mass is 9.95. The van der Waals surface area contributed by atoms with Crippen molar-refractivity contribution in [1.29, 1.82) is 0 Å². The van der Waals surface area contributed by atoms with Gasteiger partial charge in [0.25, 0.3) is 0 Å². The molecule has 0 aliphatic carbocycles. The summed E-state index contributed by atoms with van der Waals surface area (Å²) in [6.45, 7) is 28.9. The van der Waals surface area contributed by atoms with Crippen molar-refractivity contribution in [3.05, 3.63) is 47.7 Å². The fourth-order valence-electron chi connectivity index (χ4n) is 10.7. The molecule has 15 heteroatoms. The predicted molar refractivity (Wildman–Crippen MR) is 256 cm³/mol. The highest BCUT2D eigenvalue weighted by atomic mass is 28.3. The fraction of sp³-hybridized carbons (Fsp3) is 0.600. The second kappa shape index (κ2) is 19.3. The van der Waals surface area contributed by atoms with Crippen molar-refractivity contribution >= 4 is 41.7 Å². The maximum Gasteiger partial charge on any atom is 0.411 e. The Morgan fingerprint density at radius 3 is 2.37 bits per heavy atom. The summed E-state index contributed by atoms with van der Waals surface area (Å²) in [7, 11) is -0.788. The molecule has 3 aliphatic heterocycles. The van der Waals surface area contributed by atoms with E-state index in [4.69, 9.17) is 33.9 Å². The molecule has 12 nitrogen and oxygen atoms in total. The van der Waals surface area contributed by atoms with Crippen molar-refractivity contribution in [2.24, 2.45) is 5.92 Å². The van der Waals surface area contributed by atoms with Gasteiger partial charge in [-0.05, 0) is 80.7 Å². The van der Waals surface area contributed by atoms with Crippen LogP contribution in [0.25, 0.3) is 32.9 Å². The van der Waals surface area contributed by atoms with Crippen LogP contribution >= 0.6 is 0 Å². The van der Waals surface area contributed by atoms with Crippen LogP contribution in [0.1, 0.15) is 94.6 Å². The maximum absolute atomic E-state index is 17.9. The van der Waals surface area contributed by atoms with Crippen LogP contribution in [0.3, 0.4) is 0 Å². The molecule has 65 heavy (non-hydrogen) atoms. The summed E-state index contributed by atoms with van der Waals surface area (Å²) in [4.78, 5) is 34.6. The van der Waals surface area contributed by atoms with E-state index in [1.807, 2.05) is 25.7 Å². The minimum Gasteiger partial charge on any atom is -0.468 e. The SMILES string of the molecule is COCOc1cc(-c2ncc3c(N4CC5CCC(C)(C4)N5C(=O)OC(C)(C)C)nc(OC[C@H](C)CN4CCNCC4)nc3c2F)c2c(C#C[Si](C(C)C)(C(C)C)C(C)C)c(F)ccc2c1. The molecule has 3 saturated heterocycles. The Morgan fingerprint density at radius 1 is 1.02 bits per heavy atom. The summed E-state index contributed by atoms with van der Waals surface area (Å²) in [5, 5.41) is 4.84. The highest BCUT2D eigenvalue weighted by Crippen LogP contribution is 2.45. The normalized spacial score (nSPS) is 19.9. The summed E-state index contributed by atoms with van der Waals surface area (Å²) in [6.07, 6.45) is 2.80. The molecule has 2 unspecified atom stereocenters. The number of nitrogens with zero attached hydrogens (tertiary/aromatic N) is 6. The quantitative estimate of drug-likeness (QED) is 0.0786. The van der Waals surface area contributed by atoms with E-state index in [0.717, 1.165) is 45.6 Å². The zero-order valence-corrected chi connectivity index (χ0v) is 41.5. The number of pyridine rings is 1. The molecule has 5 heterocycles. The topological polar surface area (TPSA) is 114 Å². The number of hydrogen-bond acceptors (Lipinski definition) is 11. The van der Waals surface area contributed by atoms with Gasteiger partial charge in [-0.2, -0.15) is 9.97 Å². The van der Waals surface area contributed by atoms with Gasteiger partial charge in [0.1, 0.15) is 42.3 Å². The molecule has 3 fully saturated rings. The van der Waals surface area contributed by atoms with E-state index >= 15 is 8.78 Å². The number of aromatic nitrogens is 3. The number of carbonyl (C=O) groups excluding carboxylic acids is 1. The van der Waals surface area contributed by atoms with E-state index in [0.29, 0.717) is 69.6 Å². The Balaban J connectivity index is 1.38. The van der Waals surface area contributed by atoms with Gasteiger partial charge in [-0.25, -0.2) is 13.6 Å². The summed E-state index contributed by atoms with van der Waals surface area (Å²) >= 11 is 0. The van der Waals surface area contributed by atoms with Gasteiger partial charge in [0.15, 0.2) is 12.6 Å². The number of halogens is 2. The van der Waals surface area contributed by atoms with E-state index < -0.39 is 30.8 Å². The molecule has 1 amide bonds. The third kappa shape index (κ3) is 9.92. The number of ether oxygens (including phenoxy) is 4. The highest BCUT2D eigenvalue weighted by molar-refractivity contribution is 6.90. The lowest BCUT2D eigenvalue weighted by Gasteiger charge is -2.47. The fourth-order valence-corrected chi connectivity index (χ4v) is 15.9. The lowest BCUT2D eigenvalue weighted by molar-refractivity contribution is -0.00281. The third-order valence-electron chi connectivity index (χ3n) is 13.6. The number of amides is 1. The minimum atomic E-state index is -2.31. The Bertz CT molecular complexity index is 2420. The standard InChI is InChI=1S/C50H69F2N7O5Si/c1-31(2)65(32(3)4,33(5)6)22-16-38-41(51)14-13-35-23-37(63-30-61-12)24-39(42(35)38)44-43(52)45-40(25-54-44)46(56-47(55-45)62-28-34(7)26-57-20-18-53-19-21-57)58-27-36-15-17-50(11,29-58)59(36)48(60)64-49(8,9)10/h13-14,23-25,31-34,36,53H,15,17-21,26-30H2,1-12H3/t34-,36?,50?/m1/s1. The smallest absolute Gasteiger partial charge is 0.411 e. The number of benzene rings is 2. The Kier molecular flexibility index (Phi) is 14.4. The molecule has 3 aliphatic rings. The molecule has 0 saturated carbocycles. The summed E-state index contributed by atoms with van der Waals surface area (Å²) in [5.74, 6) is 3.15. The van der Waals surface area contributed by atoms with Gasteiger partial charge in [0.05, 0.1) is 29.1 Å². The zero-order valence-electron chi connectivity index (χ0n) is 40.5. The molecule has 2 bridgehead atoms. The van der Waals surface area contributed by atoms with Crippen molar-refractivity contribution in [3.8, 4) is 34.5 Å². The van der Waals surface area contributed by atoms with Gasteiger partial charge in [-0.1, -0.05) is 60.5 Å². The first-order valence-electron chi connectivity index (χ1n) is 23.4. The molecule has 0 spiro atoms. The number of rotatable bonds is 13. The van der Waals surface area contributed by atoms with Crippen LogP contribution in [0.2, 0.25) is 16.6 Å². The molecule has 7 rings (SSSR count). The largest absolute Gasteiger partial charge is 0.468 e. The van der Waals surface area contributed by atoms with E-state index in [1.165, 1.54) is 13.2 Å². The van der Waals surface area contributed by atoms with Crippen molar-refractivity contribution in [2.75, 3.05) is 71.2 Å². The molecule has 1 N–H and O–H groups in total. The first-order chi connectivity index (χ1) is 30.8. The van der Waals surface area contributed by atoms with Crippen LogP contribution in [0, 0.1) is 29.0 Å². The molecule has 0 radical (unpaired) electrons. The summed E-state index contributed by atoms with van der Waals surface area (Å²) in [6, 6.07) is 6.42. The molecule has 2 aromatic heterocycles. The number of fused-ring (bicyclic) bond motifs is 4. The van der Waals surface area contributed by atoms with Gasteiger partial charge >= 0.3 is 12.1 Å². The van der Waals surface area contributed by atoms with Gasteiger partial charge < -0.3 is 34.1 Å². The van der Waals surface area contributed by atoms with Crippen molar-refractivity contribution in [2.45, 2.75) is 123 Å². The van der Waals surface area contributed by atoms with E-state index in [-0.39, 0.29) is 47.6 Å². The van der Waals surface area contributed by atoms with Gasteiger partial charge in [-0.3, -0.25) is 9.88 Å². The number of hydrogen-bond donors (Lipinski definition) is 1. The summed E-state index contributed by atoms with van der Waals surface area (Å²) in [5.41, 5.74) is 3.89. The van der Waals surface area contributed by atoms with Crippen LogP contribution in [0.5, 0.6) is 11.8 Å². The van der Waals surface area contributed by atoms with Gasteiger partial charge in [-0.15, -0.1) is 5.54 Å². The van der Waals surface area contributed by atoms with Crippen LogP contribution in [0.4, 0.5) is 19.4 Å². The lowest BCUT2D eigenvalue weighted by Crippen LogP contribution is -2.63. The van der Waals surface area contributed by atoms with Crippen molar-refractivity contribution < 1.29 is 32.5 Å². The van der Waals surface area contributed by atoms with Crippen LogP contribution < -0.4 is 19.7 Å². The average Bonchev–Trinajstić information content (AvgIpc) is 3.46. The highest BCUT2D eigenvalue weighted by Gasteiger charge is 2.52. The maximum atomic E-state index is 17.9. The van der Waals surface area contributed by atoms with Gasteiger partial charge in [0, 0.05) is 76.0 Å². The molecule has 2 aromatic carbocycles. The number of methoxy groups -OCH3 is 1. The number of carbonyl (C=O) groups is 1. The van der Waals surface area contributed by atoms with Crippen LogP contribution in [-0.2, 0) is 9.47 Å². The minimum absolute atomic E-state index is 0.0167.